The first-order chi connectivity index (χ1) is 16.5. The number of aromatic nitrogens is 3. The molecule has 1 unspecified atom stereocenters. The summed E-state index contributed by atoms with van der Waals surface area (Å²) in [4.78, 5) is 29.4. The van der Waals surface area contributed by atoms with Crippen LogP contribution in [0.25, 0.3) is 11.0 Å². The summed E-state index contributed by atoms with van der Waals surface area (Å²) in [5.41, 5.74) is 3.63. The third-order valence-corrected chi connectivity index (χ3v) is 7.72. The summed E-state index contributed by atoms with van der Waals surface area (Å²) in [7, 11) is 0. The van der Waals surface area contributed by atoms with Crippen LogP contribution in [0.2, 0.25) is 10.0 Å². The molecule has 2 N–H and O–H groups in total. The molecule has 0 aliphatic carbocycles. The molecule has 2 aromatic carbocycles. The molecule has 0 bridgehead atoms. The van der Waals surface area contributed by atoms with Crippen LogP contribution >= 0.6 is 23.2 Å². The number of nitrogens with one attached hydrogen (secondary N) is 2. The van der Waals surface area contributed by atoms with Crippen molar-refractivity contribution in [2.75, 3.05) is 32.7 Å². The molecule has 2 fully saturated rings. The SMILES string of the molecule is O=C(NCC(=O)N1CCC(N2CCC(c3cccc4nn[nH]c34)CC2)C1)c1ccc(Cl)c(Cl)c1. The maximum atomic E-state index is 12.7. The number of carbonyl (C=O) groups is 2. The second-order valence-electron chi connectivity index (χ2n) is 8.96. The highest BCUT2D eigenvalue weighted by Crippen LogP contribution is 2.33. The number of halogens is 2. The Labute approximate surface area is 207 Å². The minimum Gasteiger partial charge on any atom is -0.343 e. The average molecular weight is 501 g/mol. The normalized spacial score (nSPS) is 19.6. The van der Waals surface area contributed by atoms with Crippen molar-refractivity contribution >= 4 is 46.0 Å². The number of piperidine rings is 1. The van der Waals surface area contributed by atoms with Crippen LogP contribution in [-0.4, -0.2) is 75.8 Å². The summed E-state index contributed by atoms with van der Waals surface area (Å²) >= 11 is 11.9. The van der Waals surface area contributed by atoms with Crippen molar-refractivity contribution in [1.82, 2.24) is 30.5 Å². The van der Waals surface area contributed by atoms with Gasteiger partial charge in [-0.3, -0.25) is 19.6 Å². The highest BCUT2D eigenvalue weighted by molar-refractivity contribution is 6.42. The number of hydrogen-bond donors (Lipinski definition) is 2. The van der Waals surface area contributed by atoms with Crippen LogP contribution in [-0.2, 0) is 4.79 Å². The Morgan fingerprint density at radius 3 is 2.68 bits per heavy atom. The van der Waals surface area contributed by atoms with Crippen molar-refractivity contribution < 1.29 is 9.59 Å². The highest BCUT2D eigenvalue weighted by atomic mass is 35.5. The number of H-pyrrole nitrogens is 1. The molecular weight excluding hydrogens is 475 g/mol. The van der Waals surface area contributed by atoms with Gasteiger partial charge in [-0.2, -0.15) is 0 Å². The molecule has 8 nitrogen and oxygen atoms in total. The first-order valence-corrected chi connectivity index (χ1v) is 12.3. The van der Waals surface area contributed by atoms with E-state index in [1.807, 2.05) is 17.0 Å². The number of rotatable bonds is 5. The fourth-order valence-electron chi connectivity index (χ4n) is 5.08. The topological polar surface area (TPSA) is 94.2 Å². The molecular formula is C24H26Cl2N6O2. The number of amides is 2. The zero-order valence-electron chi connectivity index (χ0n) is 18.6. The number of likely N-dealkylation sites (tertiary alicyclic amines) is 2. The maximum absolute atomic E-state index is 12.7. The molecule has 2 aliphatic heterocycles. The van der Waals surface area contributed by atoms with E-state index in [2.05, 4.69) is 31.7 Å². The Balaban J connectivity index is 1.10. The van der Waals surface area contributed by atoms with Crippen LogP contribution in [0.5, 0.6) is 0 Å². The van der Waals surface area contributed by atoms with Gasteiger partial charge in [0.1, 0.15) is 5.52 Å². The van der Waals surface area contributed by atoms with Gasteiger partial charge < -0.3 is 10.2 Å². The van der Waals surface area contributed by atoms with Crippen LogP contribution < -0.4 is 5.32 Å². The number of para-hydroxylation sites is 1. The van der Waals surface area contributed by atoms with Gasteiger partial charge in [0.15, 0.2) is 0 Å². The van der Waals surface area contributed by atoms with Gasteiger partial charge in [0.05, 0.1) is 22.1 Å². The van der Waals surface area contributed by atoms with E-state index in [1.165, 1.54) is 11.6 Å². The predicted molar refractivity (Wildman–Crippen MR) is 131 cm³/mol. The molecule has 1 atom stereocenters. The number of carbonyl (C=O) groups excluding carboxylic acids is 2. The van der Waals surface area contributed by atoms with Gasteiger partial charge in [0.2, 0.25) is 5.91 Å². The first-order valence-electron chi connectivity index (χ1n) is 11.5. The second-order valence-corrected chi connectivity index (χ2v) is 9.77. The van der Waals surface area contributed by atoms with Crippen LogP contribution in [0, 0.1) is 0 Å². The lowest BCUT2D eigenvalue weighted by molar-refractivity contribution is -0.129. The smallest absolute Gasteiger partial charge is 0.251 e. The molecule has 2 aliphatic rings. The Bertz CT molecular complexity index is 1210. The van der Waals surface area contributed by atoms with E-state index in [9.17, 15) is 9.59 Å². The molecule has 2 amide bonds. The summed E-state index contributed by atoms with van der Waals surface area (Å²) in [5, 5.41) is 14.5. The summed E-state index contributed by atoms with van der Waals surface area (Å²) < 4.78 is 0. The number of hydrogen-bond acceptors (Lipinski definition) is 5. The Morgan fingerprint density at radius 2 is 1.88 bits per heavy atom. The van der Waals surface area contributed by atoms with E-state index in [4.69, 9.17) is 23.2 Å². The Morgan fingerprint density at radius 1 is 1.06 bits per heavy atom. The minimum atomic E-state index is -0.341. The van der Waals surface area contributed by atoms with Crippen molar-refractivity contribution in [3.05, 3.63) is 57.6 Å². The molecule has 10 heteroatoms. The molecule has 0 radical (unpaired) electrons. The second kappa shape index (κ2) is 9.90. The fourth-order valence-corrected chi connectivity index (χ4v) is 5.38. The van der Waals surface area contributed by atoms with Gasteiger partial charge in [-0.15, -0.1) is 5.10 Å². The lowest BCUT2D eigenvalue weighted by Gasteiger charge is -2.36. The molecule has 34 heavy (non-hydrogen) atoms. The molecule has 0 spiro atoms. The van der Waals surface area contributed by atoms with Gasteiger partial charge in [0, 0.05) is 24.7 Å². The molecule has 1 aromatic heterocycles. The van der Waals surface area contributed by atoms with E-state index in [-0.39, 0.29) is 18.4 Å². The molecule has 3 aromatic rings. The summed E-state index contributed by atoms with van der Waals surface area (Å²) in [6, 6.07) is 11.2. The predicted octanol–water partition coefficient (Wildman–Crippen LogP) is 3.48. The largest absolute Gasteiger partial charge is 0.343 e. The Kier molecular flexibility index (Phi) is 6.72. The minimum absolute atomic E-state index is 0.0317. The third kappa shape index (κ3) is 4.76. The number of benzene rings is 2. The van der Waals surface area contributed by atoms with Crippen LogP contribution in [0.15, 0.2) is 36.4 Å². The van der Waals surface area contributed by atoms with Crippen molar-refractivity contribution in [1.29, 1.82) is 0 Å². The van der Waals surface area contributed by atoms with E-state index >= 15 is 0 Å². The van der Waals surface area contributed by atoms with Crippen molar-refractivity contribution in [2.24, 2.45) is 0 Å². The van der Waals surface area contributed by atoms with E-state index in [0.717, 1.165) is 43.4 Å². The summed E-state index contributed by atoms with van der Waals surface area (Å²) in [6.45, 7) is 3.39. The van der Waals surface area contributed by atoms with Gasteiger partial charge in [-0.25, -0.2) is 0 Å². The lowest BCUT2D eigenvalue weighted by Crippen LogP contribution is -2.44. The number of aromatic amines is 1. The zero-order valence-corrected chi connectivity index (χ0v) is 20.1. The van der Waals surface area contributed by atoms with Crippen molar-refractivity contribution in [2.45, 2.75) is 31.2 Å². The summed E-state index contributed by atoms with van der Waals surface area (Å²) in [6.07, 6.45) is 3.10. The first kappa shape index (κ1) is 23.1. The molecule has 2 saturated heterocycles. The maximum Gasteiger partial charge on any atom is 0.251 e. The lowest BCUT2D eigenvalue weighted by atomic mass is 9.88. The van der Waals surface area contributed by atoms with E-state index in [0.29, 0.717) is 40.7 Å². The Hall–Kier alpha value is -2.68. The highest BCUT2D eigenvalue weighted by Gasteiger charge is 2.33. The quantitative estimate of drug-likeness (QED) is 0.559. The number of fused-ring (bicyclic) bond motifs is 1. The van der Waals surface area contributed by atoms with Gasteiger partial charge in [-0.1, -0.05) is 40.5 Å². The third-order valence-electron chi connectivity index (χ3n) is 6.98. The molecule has 3 heterocycles. The van der Waals surface area contributed by atoms with E-state index < -0.39 is 0 Å². The average Bonchev–Trinajstić information content (AvgIpc) is 3.54. The monoisotopic (exact) mass is 500 g/mol. The molecule has 0 saturated carbocycles. The van der Waals surface area contributed by atoms with E-state index in [1.54, 1.807) is 12.1 Å². The van der Waals surface area contributed by atoms with Gasteiger partial charge in [0.25, 0.3) is 5.91 Å². The fraction of sp³-hybridized carbons (Fsp3) is 0.417. The molecule has 178 valence electrons. The van der Waals surface area contributed by atoms with Gasteiger partial charge in [-0.05, 0) is 68.1 Å². The van der Waals surface area contributed by atoms with Crippen LogP contribution in [0.1, 0.15) is 41.1 Å². The van der Waals surface area contributed by atoms with Crippen molar-refractivity contribution in [3.8, 4) is 0 Å². The van der Waals surface area contributed by atoms with Gasteiger partial charge >= 0.3 is 0 Å². The summed E-state index contributed by atoms with van der Waals surface area (Å²) in [5.74, 6) is 0.0781. The van der Waals surface area contributed by atoms with Crippen LogP contribution in [0.4, 0.5) is 0 Å². The molecule has 5 rings (SSSR count). The standard InChI is InChI=1S/C24H26Cl2N6O2/c25-19-5-4-16(12-20(19)26)24(34)27-13-22(33)32-11-8-17(14-32)31-9-6-15(7-10-31)18-2-1-3-21-23(18)29-30-28-21/h1-5,12,15,17H,6-11,13-14H2,(H,27,34)(H,28,29,30). The van der Waals surface area contributed by atoms with Crippen LogP contribution in [0.3, 0.4) is 0 Å². The number of nitrogens with zero attached hydrogens (tertiary/aromatic N) is 4. The zero-order chi connectivity index (χ0) is 23.7. The van der Waals surface area contributed by atoms with Crippen molar-refractivity contribution in [3.63, 3.8) is 0 Å².